The highest BCUT2D eigenvalue weighted by molar-refractivity contribution is 5.98. The molecule has 48 heavy (non-hydrogen) atoms. The maximum absolute atomic E-state index is 16.0. The molecule has 0 saturated carbocycles. The van der Waals surface area contributed by atoms with Crippen molar-refractivity contribution in [1.82, 2.24) is 10.2 Å². The summed E-state index contributed by atoms with van der Waals surface area (Å²) in [5, 5.41) is 12.9. The van der Waals surface area contributed by atoms with Gasteiger partial charge in [-0.2, -0.15) is 0 Å². The molecule has 9 heteroatoms. The Bertz CT molecular complexity index is 1820. The number of phenols is 1. The van der Waals surface area contributed by atoms with Crippen LogP contribution in [-0.2, 0) is 6.54 Å². The number of halogens is 2. The Hall–Kier alpha value is -4.63. The molecule has 7 nitrogen and oxygen atoms in total. The summed E-state index contributed by atoms with van der Waals surface area (Å²) in [7, 11) is 0. The van der Waals surface area contributed by atoms with E-state index in [1.165, 1.54) is 6.07 Å². The largest absolute Gasteiger partial charge is 0.508 e. The van der Waals surface area contributed by atoms with Crippen LogP contribution >= 0.6 is 0 Å². The van der Waals surface area contributed by atoms with Crippen molar-refractivity contribution in [1.29, 1.82) is 0 Å². The van der Waals surface area contributed by atoms with Crippen LogP contribution in [0.3, 0.4) is 0 Å². The van der Waals surface area contributed by atoms with E-state index >= 15 is 4.39 Å². The van der Waals surface area contributed by atoms with E-state index < -0.39 is 0 Å². The Balaban J connectivity index is 0.900. The smallest absolute Gasteiger partial charge is 0.252 e. The molecule has 0 aliphatic carbocycles. The standard InChI is InChI=1S/C39H40F2N4O3/c40-33-18-27(38-30-8-7-29(46)20-37(30)48-24-32(38)26-4-2-1-3-5-26)6-9-35(33)44-12-10-25(11-13-44)23-43-14-16-45(17-15-43)36-19-28-22-42-39(47)31(28)21-34(36)41/h1-9,18-21,25,32,38,46H,10-17,22-24H2,(H,42,47)/t32-,38-/m1/s1. The number of phenolic OH excluding ortho intramolecular Hbond substituents is 1. The lowest BCUT2D eigenvalue weighted by Crippen LogP contribution is -2.49. The third-order valence-electron chi connectivity index (χ3n) is 10.8. The number of amides is 1. The number of piperidine rings is 1. The van der Waals surface area contributed by atoms with Gasteiger partial charge in [0.25, 0.3) is 5.91 Å². The van der Waals surface area contributed by atoms with Gasteiger partial charge in [-0.3, -0.25) is 9.69 Å². The lowest BCUT2D eigenvalue weighted by Gasteiger charge is -2.40. The molecule has 0 radical (unpaired) electrons. The van der Waals surface area contributed by atoms with Crippen LogP contribution < -0.4 is 19.9 Å². The van der Waals surface area contributed by atoms with Gasteiger partial charge < -0.3 is 25.0 Å². The minimum Gasteiger partial charge on any atom is -0.508 e. The number of ether oxygens (including phenoxy) is 1. The van der Waals surface area contributed by atoms with Gasteiger partial charge in [0, 0.05) is 81.4 Å². The van der Waals surface area contributed by atoms with Crippen LogP contribution in [0.2, 0.25) is 0 Å². The zero-order chi connectivity index (χ0) is 32.8. The van der Waals surface area contributed by atoms with E-state index in [1.54, 1.807) is 18.2 Å². The second-order valence-corrected chi connectivity index (χ2v) is 13.6. The first-order valence-electron chi connectivity index (χ1n) is 17.0. The number of piperazine rings is 1. The van der Waals surface area contributed by atoms with E-state index in [1.807, 2.05) is 36.4 Å². The molecule has 8 rings (SSSR count). The number of nitrogens with zero attached hydrogens (tertiary/aromatic N) is 3. The number of benzene rings is 4. The molecule has 1 amide bonds. The molecular formula is C39H40F2N4O3. The molecule has 0 aromatic heterocycles. The summed E-state index contributed by atoms with van der Waals surface area (Å²) in [5.41, 5.74) is 5.53. The maximum Gasteiger partial charge on any atom is 0.252 e. The van der Waals surface area contributed by atoms with Crippen molar-refractivity contribution >= 4 is 17.3 Å². The predicted octanol–water partition coefficient (Wildman–Crippen LogP) is 6.26. The second-order valence-electron chi connectivity index (χ2n) is 13.6. The number of carbonyl (C=O) groups is 1. The molecule has 2 fully saturated rings. The molecule has 0 spiro atoms. The molecule has 4 heterocycles. The number of hydrogen-bond donors (Lipinski definition) is 2. The number of aromatic hydroxyl groups is 1. The van der Waals surface area contributed by atoms with Gasteiger partial charge in [0.15, 0.2) is 0 Å². The SMILES string of the molecule is O=C1NCc2cc(N3CCN(CC4CCN(c5ccc([C@@H]6c7ccc(O)cc7OC[C@@H]6c6ccccc6)cc5F)CC4)CC3)c(F)cc21. The highest BCUT2D eigenvalue weighted by Crippen LogP contribution is 2.47. The molecule has 4 aliphatic heterocycles. The molecule has 4 aliphatic rings. The van der Waals surface area contributed by atoms with Gasteiger partial charge in [-0.25, -0.2) is 8.78 Å². The molecule has 0 unspecified atom stereocenters. The monoisotopic (exact) mass is 650 g/mol. The molecule has 2 N–H and O–H groups in total. The van der Waals surface area contributed by atoms with E-state index in [9.17, 15) is 14.3 Å². The average molecular weight is 651 g/mol. The summed E-state index contributed by atoms with van der Waals surface area (Å²) in [6, 6.07) is 24.3. The van der Waals surface area contributed by atoms with Crippen molar-refractivity contribution < 1.29 is 23.4 Å². The summed E-state index contributed by atoms with van der Waals surface area (Å²) in [6.45, 7) is 6.73. The van der Waals surface area contributed by atoms with Gasteiger partial charge in [0.1, 0.15) is 23.1 Å². The zero-order valence-electron chi connectivity index (χ0n) is 26.9. The first kappa shape index (κ1) is 30.7. The quantitative estimate of drug-likeness (QED) is 0.257. The third-order valence-corrected chi connectivity index (χ3v) is 10.8. The summed E-state index contributed by atoms with van der Waals surface area (Å²) in [4.78, 5) is 18.6. The second kappa shape index (κ2) is 12.8. The van der Waals surface area contributed by atoms with Crippen LogP contribution in [-0.4, -0.2) is 68.3 Å². The highest BCUT2D eigenvalue weighted by Gasteiger charge is 2.35. The Morgan fingerprint density at radius 3 is 2.31 bits per heavy atom. The van der Waals surface area contributed by atoms with Crippen molar-refractivity contribution in [2.45, 2.75) is 31.2 Å². The minimum atomic E-state index is -0.333. The van der Waals surface area contributed by atoms with Gasteiger partial charge in [-0.05, 0) is 65.8 Å². The van der Waals surface area contributed by atoms with Crippen molar-refractivity contribution in [3.63, 3.8) is 0 Å². The van der Waals surface area contributed by atoms with Gasteiger partial charge in [0.2, 0.25) is 0 Å². The number of fused-ring (bicyclic) bond motifs is 2. The van der Waals surface area contributed by atoms with Crippen LogP contribution in [0.5, 0.6) is 11.5 Å². The molecule has 2 atom stereocenters. The van der Waals surface area contributed by atoms with Gasteiger partial charge in [0.05, 0.1) is 18.0 Å². The lowest BCUT2D eigenvalue weighted by atomic mass is 9.76. The molecule has 4 aromatic rings. The van der Waals surface area contributed by atoms with Crippen molar-refractivity contribution in [3.8, 4) is 11.5 Å². The van der Waals surface area contributed by atoms with E-state index in [0.717, 1.165) is 80.9 Å². The Labute approximate surface area is 279 Å². The Morgan fingerprint density at radius 2 is 1.54 bits per heavy atom. The van der Waals surface area contributed by atoms with E-state index in [2.05, 4.69) is 38.2 Å². The number of rotatable bonds is 6. The Morgan fingerprint density at radius 1 is 0.792 bits per heavy atom. The van der Waals surface area contributed by atoms with Crippen LogP contribution in [0.4, 0.5) is 20.2 Å². The molecule has 0 bridgehead atoms. The van der Waals surface area contributed by atoms with Crippen molar-refractivity contribution in [2.24, 2.45) is 5.92 Å². The first-order chi connectivity index (χ1) is 23.4. The van der Waals surface area contributed by atoms with Crippen LogP contribution in [0, 0.1) is 17.6 Å². The van der Waals surface area contributed by atoms with E-state index in [4.69, 9.17) is 4.74 Å². The average Bonchev–Trinajstić information content (AvgIpc) is 3.47. The van der Waals surface area contributed by atoms with E-state index in [-0.39, 0.29) is 35.1 Å². The topological polar surface area (TPSA) is 68.3 Å². The Kier molecular flexibility index (Phi) is 8.16. The number of nitrogens with one attached hydrogen (secondary N) is 1. The minimum absolute atomic E-state index is 0.0153. The van der Waals surface area contributed by atoms with Crippen LogP contribution in [0.25, 0.3) is 0 Å². The zero-order valence-corrected chi connectivity index (χ0v) is 26.9. The summed E-state index contributed by atoms with van der Waals surface area (Å²) >= 11 is 0. The third kappa shape index (κ3) is 5.85. The number of hydrogen-bond acceptors (Lipinski definition) is 6. The normalized spacial score (nSPS) is 21.4. The van der Waals surface area contributed by atoms with Gasteiger partial charge in [-0.1, -0.05) is 42.5 Å². The number of carbonyl (C=O) groups excluding carboxylic acids is 1. The predicted molar refractivity (Wildman–Crippen MR) is 182 cm³/mol. The number of anilines is 2. The van der Waals surface area contributed by atoms with Gasteiger partial charge in [-0.15, -0.1) is 0 Å². The van der Waals surface area contributed by atoms with E-state index in [0.29, 0.717) is 41.8 Å². The fraction of sp³-hybridized carbons (Fsp3) is 0.359. The van der Waals surface area contributed by atoms with Crippen molar-refractivity contribution in [2.75, 3.05) is 62.2 Å². The molecular weight excluding hydrogens is 610 g/mol. The molecule has 2 saturated heterocycles. The summed E-state index contributed by atoms with van der Waals surface area (Å²) < 4.78 is 36.9. The fourth-order valence-corrected chi connectivity index (χ4v) is 8.14. The van der Waals surface area contributed by atoms with Gasteiger partial charge >= 0.3 is 0 Å². The summed E-state index contributed by atoms with van der Waals surface area (Å²) in [6.07, 6.45) is 1.99. The first-order valence-corrected chi connectivity index (χ1v) is 17.0. The van der Waals surface area contributed by atoms with Crippen LogP contribution in [0.1, 0.15) is 57.3 Å². The lowest BCUT2D eigenvalue weighted by molar-refractivity contribution is 0.0965. The van der Waals surface area contributed by atoms with Crippen LogP contribution in [0.15, 0.2) is 78.9 Å². The summed E-state index contributed by atoms with van der Waals surface area (Å²) in [5.74, 6) is 0.498. The molecule has 4 aromatic carbocycles. The highest BCUT2D eigenvalue weighted by atomic mass is 19.1. The molecule has 248 valence electrons. The van der Waals surface area contributed by atoms with Crippen molar-refractivity contribution in [3.05, 3.63) is 118 Å². The maximum atomic E-state index is 16.0. The fourth-order valence-electron chi connectivity index (χ4n) is 8.14.